The predicted octanol–water partition coefficient (Wildman–Crippen LogP) is 10.6. The van der Waals surface area contributed by atoms with Crippen LogP contribution in [0.2, 0.25) is 6.04 Å². The zero-order valence-electron chi connectivity index (χ0n) is 24.4. The van der Waals surface area contributed by atoms with Gasteiger partial charge in [-0.25, -0.2) is 0 Å². The third kappa shape index (κ3) is 5.66. The van der Waals surface area contributed by atoms with Crippen LogP contribution in [-0.4, -0.2) is 14.6 Å². The van der Waals surface area contributed by atoms with Crippen LogP contribution in [0.4, 0.5) is 0 Å². The van der Waals surface area contributed by atoms with Crippen molar-refractivity contribution < 1.29 is 4.80 Å². The van der Waals surface area contributed by atoms with E-state index < -0.39 is 0 Å². The van der Waals surface area contributed by atoms with Crippen molar-refractivity contribution in [1.29, 1.82) is 0 Å². The normalized spacial score (nSPS) is 11.9. The zero-order chi connectivity index (χ0) is 28.6. The predicted molar refractivity (Wildman–Crippen MR) is 181 cm³/mol. The summed E-state index contributed by atoms with van der Waals surface area (Å²) in [4.78, 5) is 9.12. The molecule has 210 valence electrons. The number of hydrogen-bond donors (Lipinski definition) is 1. The topological polar surface area (TPSA) is 20.2 Å². The molecule has 0 saturated heterocycles. The average Bonchev–Trinajstić information content (AvgIpc) is 3.05. The Morgan fingerprint density at radius 2 is 0.762 bits per heavy atom. The Morgan fingerprint density at radius 3 is 1.19 bits per heavy atom. The highest BCUT2D eigenvalue weighted by molar-refractivity contribution is 6.25. The molecule has 0 fully saturated rings. The molecule has 0 spiro atoms. The fraction of sp³-hybridized carbons (Fsp3) is 0.250. The van der Waals surface area contributed by atoms with Crippen molar-refractivity contribution >= 4 is 42.1 Å². The number of unbranched alkanes of at least 4 members (excludes halogenated alkanes) is 6. The molecule has 0 unspecified atom stereocenters. The molecule has 6 aromatic rings. The van der Waals surface area contributed by atoms with E-state index in [-0.39, 0.29) is 15.2 Å². The summed E-state index contributed by atoms with van der Waals surface area (Å²) in [6, 6.07) is 48.5. The van der Waals surface area contributed by atoms with Gasteiger partial charge in [0.05, 0.1) is 0 Å². The number of hydrogen-bond acceptors (Lipinski definition) is 1. The maximum atomic E-state index is 9.12. The van der Waals surface area contributed by atoms with E-state index in [0.29, 0.717) is 0 Å². The molecule has 0 aromatic heterocycles. The van der Waals surface area contributed by atoms with Gasteiger partial charge >= 0.3 is 0 Å². The third-order valence-electron chi connectivity index (χ3n) is 9.09. The van der Waals surface area contributed by atoms with Crippen LogP contribution in [-0.2, 0) is 5.41 Å². The first-order valence-corrected chi connectivity index (χ1v) is 16.8. The molecule has 0 heterocycles. The lowest BCUT2D eigenvalue weighted by Crippen LogP contribution is -2.30. The monoisotopic (exact) mass is 564 g/mol. The van der Waals surface area contributed by atoms with Gasteiger partial charge in [0.15, 0.2) is 0 Å². The van der Waals surface area contributed by atoms with Crippen molar-refractivity contribution in [2.24, 2.45) is 0 Å². The van der Waals surface area contributed by atoms with Crippen molar-refractivity contribution in [3.8, 4) is 0 Å². The van der Waals surface area contributed by atoms with Crippen molar-refractivity contribution in [1.82, 2.24) is 0 Å². The Morgan fingerprint density at radius 1 is 0.405 bits per heavy atom. The van der Waals surface area contributed by atoms with E-state index in [2.05, 4.69) is 127 Å². The van der Waals surface area contributed by atoms with Gasteiger partial charge in [-0.2, -0.15) is 0 Å². The van der Waals surface area contributed by atoms with Gasteiger partial charge in [0.1, 0.15) is 0 Å². The van der Waals surface area contributed by atoms with Gasteiger partial charge in [-0.3, -0.25) is 0 Å². The van der Waals surface area contributed by atoms with Crippen molar-refractivity contribution in [2.75, 3.05) is 0 Å². The Hall–Kier alpha value is -3.72. The maximum Gasteiger partial charge on any atom is 0.224 e. The SMILES string of the molecule is O[Si]CCCCCCCCCC(c1cccc2ccccc12)(c1cccc2ccccc12)c1cccc2ccccc12. The van der Waals surface area contributed by atoms with Crippen LogP contribution in [0.3, 0.4) is 0 Å². The summed E-state index contributed by atoms with van der Waals surface area (Å²) in [5.74, 6) is 0. The summed E-state index contributed by atoms with van der Waals surface area (Å²) >= 11 is 0. The largest absolute Gasteiger partial charge is 0.432 e. The first kappa shape index (κ1) is 28.4. The zero-order valence-corrected chi connectivity index (χ0v) is 25.4. The smallest absolute Gasteiger partial charge is 0.224 e. The Balaban J connectivity index is 1.53. The fourth-order valence-electron chi connectivity index (χ4n) is 7.11. The van der Waals surface area contributed by atoms with E-state index in [1.165, 1.54) is 81.1 Å². The van der Waals surface area contributed by atoms with Crippen LogP contribution < -0.4 is 0 Å². The van der Waals surface area contributed by atoms with E-state index in [1.54, 1.807) is 0 Å². The molecule has 2 radical (unpaired) electrons. The number of rotatable bonds is 13. The fourth-order valence-corrected chi connectivity index (χ4v) is 7.52. The van der Waals surface area contributed by atoms with Crippen LogP contribution in [0.5, 0.6) is 0 Å². The quantitative estimate of drug-likeness (QED) is 0.0840. The minimum Gasteiger partial charge on any atom is -0.432 e. The van der Waals surface area contributed by atoms with Gasteiger partial charge in [-0.15, -0.1) is 0 Å². The summed E-state index contributed by atoms with van der Waals surface area (Å²) in [5, 5.41) is 7.90. The lowest BCUT2D eigenvalue weighted by atomic mass is 9.63. The second kappa shape index (κ2) is 13.5. The molecule has 0 aliphatic heterocycles. The molecule has 6 aromatic carbocycles. The average molecular weight is 565 g/mol. The third-order valence-corrected chi connectivity index (χ3v) is 9.67. The molecule has 1 nitrogen and oxygen atoms in total. The summed E-state index contributed by atoms with van der Waals surface area (Å²) in [7, 11) is 0.100. The van der Waals surface area contributed by atoms with Gasteiger partial charge in [0, 0.05) is 5.41 Å². The molecule has 6 rings (SSSR count). The maximum absolute atomic E-state index is 9.12. The molecule has 42 heavy (non-hydrogen) atoms. The number of fused-ring (bicyclic) bond motifs is 3. The minimum absolute atomic E-state index is 0.100. The summed E-state index contributed by atoms with van der Waals surface area (Å²) in [6.45, 7) is 0. The van der Waals surface area contributed by atoms with Gasteiger partial charge in [-0.05, 0) is 61.5 Å². The molecular weight excluding hydrogens is 525 g/mol. The highest BCUT2D eigenvalue weighted by atomic mass is 28.2. The van der Waals surface area contributed by atoms with Gasteiger partial charge in [0.25, 0.3) is 0 Å². The Labute approximate surface area is 253 Å². The lowest BCUT2D eigenvalue weighted by molar-refractivity contribution is 0.502. The van der Waals surface area contributed by atoms with Crippen LogP contribution >= 0.6 is 0 Å². The Bertz CT molecular complexity index is 1560. The molecule has 0 amide bonds. The molecule has 1 N–H and O–H groups in total. The second-order valence-corrected chi connectivity index (χ2v) is 12.4. The van der Waals surface area contributed by atoms with E-state index in [9.17, 15) is 0 Å². The van der Waals surface area contributed by atoms with Gasteiger partial charge < -0.3 is 4.80 Å². The van der Waals surface area contributed by atoms with E-state index in [0.717, 1.165) is 25.3 Å². The molecule has 0 saturated carbocycles. The lowest BCUT2D eigenvalue weighted by Gasteiger charge is -2.39. The number of benzene rings is 6. The van der Waals surface area contributed by atoms with Crippen LogP contribution in [0.1, 0.15) is 68.1 Å². The van der Waals surface area contributed by atoms with Crippen LogP contribution in [0, 0.1) is 0 Å². The van der Waals surface area contributed by atoms with Crippen LogP contribution in [0.15, 0.2) is 127 Å². The summed E-state index contributed by atoms with van der Waals surface area (Å²) in [6.07, 6.45) is 9.63. The van der Waals surface area contributed by atoms with Crippen LogP contribution in [0.25, 0.3) is 32.3 Å². The van der Waals surface area contributed by atoms with Crippen molar-refractivity contribution in [3.63, 3.8) is 0 Å². The summed E-state index contributed by atoms with van der Waals surface area (Å²) < 4.78 is 0. The molecule has 2 heteroatoms. The summed E-state index contributed by atoms with van der Waals surface area (Å²) in [5.41, 5.74) is 3.89. The molecule has 0 bridgehead atoms. The highest BCUT2D eigenvalue weighted by Crippen LogP contribution is 2.50. The van der Waals surface area contributed by atoms with E-state index in [1.807, 2.05) is 0 Å². The first-order valence-electron chi connectivity index (χ1n) is 15.6. The second-order valence-electron chi connectivity index (χ2n) is 11.6. The van der Waals surface area contributed by atoms with Gasteiger partial charge in [-0.1, -0.05) is 172 Å². The molecule has 0 atom stereocenters. The molecular formula is C40H40OSi. The van der Waals surface area contributed by atoms with E-state index in [4.69, 9.17) is 4.80 Å². The van der Waals surface area contributed by atoms with Crippen molar-refractivity contribution in [2.45, 2.75) is 62.8 Å². The minimum atomic E-state index is -0.315. The van der Waals surface area contributed by atoms with Gasteiger partial charge in [0.2, 0.25) is 9.76 Å². The van der Waals surface area contributed by atoms with E-state index >= 15 is 0 Å². The molecule has 0 aliphatic carbocycles. The molecule has 0 aliphatic rings. The standard InChI is InChI=1S/C40H40OSi/c41-42-30-13-5-3-1-2-4-12-29-40(37-26-14-20-31-17-6-9-23-34(31)37,38-27-15-21-32-18-7-10-24-35(32)38)39-28-16-22-33-19-8-11-25-36(33)39/h6-11,14-28,41H,1-5,12-13,29-30H2. The van der Waals surface area contributed by atoms with Crippen molar-refractivity contribution in [3.05, 3.63) is 144 Å². The Kier molecular flexibility index (Phi) is 9.13. The highest BCUT2D eigenvalue weighted by Gasteiger charge is 2.39. The first-order chi connectivity index (χ1) is 20.8.